The van der Waals surface area contributed by atoms with E-state index < -0.39 is 40.2 Å². The summed E-state index contributed by atoms with van der Waals surface area (Å²) in [7, 11) is -1.37. The molecule has 0 spiro atoms. The smallest absolute Gasteiger partial charge is 0.264 e. The second kappa shape index (κ2) is 14.0. The number of nitrogens with zero attached hydrogens (tertiary/aromatic N) is 2. The van der Waals surface area contributed by atoms with Crippen LogP contribution in [-0.4, -0.2) is 51.9 Å². The zero-order valence-corrected chi connectivity index (χ0v) is 25.1. The van der Waals surface area contributed by atoms with Crippen molar-refractivity contribution in [2.45, 2.75) is 30.8 Å². The lowest BCUT2D eigenvalue weighted by atomic mass is 10.0. The van der Waals surface area contributed by atoms with Gasteiger partial charge in [-0.1, -0.05) is 66.7 Å². The molecule has 0 fully saturated rings. The van der Waals surface area contributed by atoms with Crippen molar-refractivity contribution in [3.8, 4) is 5.75 Å². The van der Waals surface area contributed by atoms with Crippen LogP contribution in [0.25, 0.3) is 0 Å². The van der Waals surface area contributed by atoms with E-state index in [0.29, 0.717) is 5.56 Å². The molecule has 0 aromatic heterocycles. The minimum absolute atomic E-state index is 0.0106. The molecule has 2 amide bonds. The van der Waals surface area contributed by atoms with Crippen LogP contribution in [0.4, 0.5) is 10.1 Å². The second-order valence-electron chi connectivity index (χ2n) is 9.97. The van der Waals surface area contributed by atoms with Gasteiger partial charge in [-0.15, -0.1) is 0 Å². The van der Waals surface area contributed by atoms with E-state index in [1.165, 1.54) is 55.5 Å². The van der Waals surface area contributed by atoms with Gasteiger partial charge in [-0.05, 0) is 60.0 Å². The van der Waals surface area contributed by atoms with Gasteiger partial charge in [0.1, 0.15) is 24.2 Å². The normalized spacial score (nSPS) is 11.8. The SMILES string of the molecule is CNC(=O)[C@H](Cc1ccccc1)N(Cc1ccc(F)cc1)C(=O)CN(c1cc(C)ccc1OC)S(=O)(=O)c1ccccc1. The molecule has 4 aromatic rings. The lowest BCUT2D eigenvalue weighted by Gasteiger charge is -2.34. The first kappa shape index (κ1) is 31.2. The van der Waals surface area contributed by atoms with E-state index in [1.54, 1.807) is 43.3 Å². The van der Waals surface area contributed by atoms with Crippen LogP contribution >= 0.6 is 0 Å². The van der Waals surface area contributed by atoms with E-state index in [4.69, 9.17) is 4.74 Å². The van der Waals surface area contributed by atoms with Gasteiger partial charge in [-0.2, -0.15) is 0 Å². The quantitative estimate of drug-likeness (QED) is 0.253. The molecule has 0 unspecified atom stereocenters. The molecule has 0 saturated carbocycles. The molecular weight excluding hydrogens is 569 g/mol. The Morgan fingerprint density at radius 2 is 1.51 bits per heavy atom. The number of hydrogen-bond acceptors (Lipinski definition) is 5. The molecule has 8 nitrogen and oxygen atoms in total. The van der Waals surface area contributed by atoms with Crippen molar-refractivity contribution in [3.05, 3.63) is 126 Å². The van der Waals surface area contributed by atoms with Crippen molar-refractivity contribution in [1.82, 2.24) is 10.2 Å². The van der Waals surface area contributed by atoms with Crippen molar-refractivity contribution < 1.29 is 27.1 Å². The van der Waals surface area contributed by atoms with Gasteiger partial charge in [0.25, 0.3) is 10.0 Å². The number of sulfonamides is 1. The number of rotatable bonds is 12. The van der Waals surface area contributed by atoms with E-state index in [-0.39, 0.29) is 29.3 Å². The van der Waals surface area contributed by atoms with Crippen molar-refractivity contribution >= 4 is 27.5 Å². The molecule has 4 rings (SSSR count). The molecule has 0 aliphatic heterocycles. The third-order valence-electron chi connectivity index (χ3n) is 7.00. The van der Waals surface area contributed by atoms with Gasteiger partial charge in [0.15, 0.2) is 0 Å². The minimum atomic E-state index is -4.27. The molecule has 0 saturated heterocycles. The maximum Gasteiger partial charge on any atom is 0.264 e. The topological polar surface area (TPSA) is 96.0 Å². The fourth-order valence-electron chi connectivity index (χ4n) is 4.74. The zero-order valence-electron chi connectivity index (χ0n) is 24.2. The molecule has 0 aliphatic rings. The van der Waals surface area contributed by atoms with Crippen LogP contribution in [0.15, 0.2) is 108 Å². The zero-order chi connectivity index (χ0) is 31.0. The number of methoxy groups -OCH3 is 1. The fraction of sp³-hybridized carbons (Fsp3) is 0.212. The summed E-state index contributed by atoms with van der Waals surface area (Å²) in [5.74, 6) is -1.24. The number of amides is 2. The Bertz CT molecular complexity index is 1650. The van der Waals surface area contributed by atoms with Gasteiger partial charge in [0, 0.05) is 20.0 Å². The average molecular weight is 604 g/mol. The van der Waals surface area contributed by atoms with Gasteiger partial charge in [0.2, 0.25) is 11.8 Å². The third kappa shape index (κ3) is 7.58. The number of carbonyl (C=O) groups excluding carboxylic acids is 2. The highest BCUT2D eigenvalue weighted by Crippen LogP contribution is 2.34. The summed E-state index contributed by atoms with van der Waals surface area (Å²) in [6.45, 7) is 1.12. The van der Waals surface area contributed by atoms with Crippen LogP contribution in [-0.2, 0) is 32.6 Å². The number of carbonyl (C=O) groups is 2. The molecule has 1 N–H and O–H groups in total. The maximum absolute atomic E-state index is 14.3. The van der Waals surface area contributed by atoms with Crippen molar-refractivity contribution in [3.63, 3.8) is 0 Å². The van der Waals surface area contributed by atoms with Gasteiger partial charge in [0.05, 0.1) is 17.7 Å². The van der Waals surface area contributed by atoms with Crippen molar-refractivity contribution in [2.24, 2.45) is 0 Å². The molecule has 224 valence electrons. The molecule has 0 bridgehead atoms. The maximum atomic E-state index is 14.3. The van der Waals surface area contributed by atoms with E-state index >= 15 is 0 Å². The van der Waals surface area contributed by atoms with Crippen LogP contribution in [0.2, 0.25) is 0 Å². The number of aryl methyl sites for hydroxylation is 1. The lowest BCUT2D eigenvalue weighted by molar-refractivity contribution is -0.139. The van der Waals surface area contributed by atoms with Crippen LogP contribution < -0.4 is 14.4 Å². The van der Waals surface area contributed by atoms with Gasteiger partial charge in [-0.3, -0.25) is 13.9 Å². The number of likely N-dealkylation sites (N-methyl/N-ethyl adjacent to an activating group) is 1. The standard InChI is InChI=1S/C33H34FN3O5S/c1-24-14-19-31(42-3)29(20-24)37(43(40,41)28-12-8-5-9-13-28)23-32(38)36(22-26-15-17-27(34)18-16-26)30(33(39)35-2)21-25-10-6-4-7-11-25/h4-20,30H,21-23H2,1-3H3,(H,35,39)/t30-/m0/s1. The third-order valence-corrected chi connectivity index (χ3v) is 8.77. The van der Waals surface area contributed by atoms with Gasteiger partial charge in [-0.25, -0.2) is 12.8 Å². The summed E-state index contributed by atoms with van der Waals surface area (Å²) in [6.07, 6.45) is 0.173. The molecule has 4 aromatic carbocycles. The molecule has 10 heteroatoms. The predicted octanol–water partition coefficient (Wildman–Crippen LogP) is 4.72. The number of hydrogen-bond donors (Lipinski definition) is 1. The molecule has 0 heterocycles. The summed E-state index contributed by atoms with van der Waals surface area (Å²) in [5, 5.41) is 2.64. The first-order valence-electron chi connectivity index (χ1n) is 13.7. The highest BCUT2D eigenvalue weighted by atomic mass is 32.2. The van der Waals surface area contributed by atoms with E-state index in [1.807, 2.05) is 30.3 Å². The first-order valence-corrected chi connectivity index (χ1v) is 15.1. The molecule has 43 heavy (non-hydrogen) atoms. The minimum Gasteiger partial charge on any atom is -0.495 e. The summed E-state index contributed by atoms with van der Waals surface area (Å²) in [5.41, 5.74) is 2.32. The van der Waals surface area contributed by atoms with E-state index in [9.17, 15) is 22.4 Å². The van der Waals surface area contributed by atoms with E-state index in [0.717, 1.165) is 15.4 Å². The van der Waals surface area contributed by atoms with Crippen LogP contribution in [0.5, 0.6) is 5.75 Å². The van der Waals surface area contributed by atoms with E-state index in [2.05, 4.69) is 5.32 Å². The highest BCUT2D eigenvalue weighted by molar-refractivity contribution is 7.92. The van der Waals surface area contributed by atoms with Crippen LogP contribution in [0.3, 0.4) is 0 Å². The predicted molar refractivity (Wildman–Crippen MR) is 164 cm³/mol. The summed E-state index contributed by atoms with van der Waals surface area (Å²) >= 11 is 0. The average Bonchev–Trinajstić information content (AvgIpc) is 3.02. The Kier molecular flexibility index (Phi) is 10.2. The van der Waals surface area contributed by atoms with Crippen molar-refractivity contribution in [2.75, 3.05) is 25.0 Å². The monoisotopic (exact) mass is 603 g/mol. The highest BCUT2D eigenvalue weighted by Gasteiger charge is 2.35. The molecule has 0 radical (unpaired) electrons. The Labute approximate surface area is 251 Å². The first-order chi connectivity index (χ1) is 20.6. The molecule has 0 aliphatic carbocycles. The summed E-state index contributed by atoms with van der Waals surface area (Å²) in [4.78, 5) is 29.0. The molecule has 1 atom stereocenters. The number of anilines is 1. The Morgan fingerprint density at radius 3 is 2.12 bits per heavy atom. The Balaban J connectivity index is 1.82. The number of halogens is 1. The fourth-order valence-corrected chi connectivity index (χ4v) is 6.17. The Morgan fingerprint density at radius 1 is 0.884 bits per heavy atom. The number of ether oxygens (including phenoxy) is 1. The van der Waals surface area contributed by atoms with Crippen LogP contribution in [0.1, 0.15) is 16.7 Å². The molecular formula is C33H34FN3O5S. The summed E-state index contributed by atoms with van der Waals surface area (Å²) < 4.78 is 48.5. The summed E-state index contributed by atoms with van der Waals surface area (Å²) in [6, 6.07) is 26.7. The Hall–Kier alpha value is -4.70. The van der Waals surface area contributed by atoms with Crippen LogP contribution in [0, 0.1) is 12.7 Å². The second-order valence-corrected chi connectivity index (χ2v) is 11.8. The number of nitrogens with one attached hydrogen (secondary N) is 1. The van der Waals surface area contributed by atoms with Crippen molar-refractivity contribution in [1.29, 1.82) is 0 Å². The van der Waals surface area contributed by atoms with Gasteiger partial charge < -0.3 is 15.0 Å². The number of benzene rings is 4. The largest absolute Gasteiger partial charge is 0.495 e. The lowest BCUT2D eigenvalue weighted by Crippen LogP contribution is -2.53. The van der Waals surface area contributed by atoms with Gasteiger partial charge >= 0.3 is 0 Å².